The summed E-state index contributed by atoms with van der Waals surface area (Å²) in [5.74, 6) is 0. The van der Waals surface area contributed by atoms with Crippen molar-refractivity contribution in [2.75, 3.05) is 24.2 Å². The van der Waals surface area contributed by atoms with Crippen LogP contribution in [0, 0.1) is 0 Å². The number of anilines is 2. The van der Waals surface area contributed by atoms with Gasteiger partial charge in [-0.1, -0.05) is 19.3 Å². The van der Waals surface area contributed by atoms with Gasteiger partial charge in [0.15, 0.2) is 0 Å². The lowest BCUT2D eigenvalue weighted by molar-refractivity contribution is 0.0347. The lowest BCUT2D eigenvalue weighted by Gasteiger charge is -2.22. The summed E-state index contributed by atoms with van der Waals surface area (Å²) in [7, 11) is -3.80. The lowest BCUT2D eigenvalue weighted by Crippen LogP contribution is -2.21. The van der Waals surface area contributed by atoms with Crippen LogP contribution >= 0.6 is 0 Å². The molecule has 7 heteroatoms. The van der Waals surface area contributed by atoms with Crippen molar-refractivity contribution in [2.45, 2.75) is 43.1 Å². The first-order valence-corrected chi connectivity index (χ1v) is 8.79. The normalized spacial score (nSPS) is 16.8. The Morgan fingerprint density at radius 2 is 1.95 bits per heavy atom. The SMILES string of the molecule is Nc1ccc(NCCOC2CCCCC2)c(S(N)(=O)=O)c1. The molecule has 0 amide bonds. The molecule has 0 atom stereocenters. The molecule has 118 valence electrons. The van der Waals surface area contributed by atoms with E-state index in [1.54, 1.807) is 12.1 Å². The van der Waals surface area contributed by atoms with Crippen molar-refractivity contribution in [3.63, 3.8) is 0 Å². The van der Waals surface area contributed by atoms with Gasteiger partial charge in [-0.2, -0.15) is 0 Å². The van der Waals surface area contributed by atoms with E-state index in [9.17, 15) is 8.42 Å². The number of nitrogen functional groups attached to an aromatic ring is 1. The number of ether oxygens (including phenoxy) is 1. The van der Waals surface area contributed by atoms with Gasteiger partial charge in [0, 0.05) is 12.2 Å². The molecule has 1 aliphatic carbocycles. The molecule has 2 rings (SSSR count). The molecule has 0 aliphatic heterocycles. The minimum absolute atomic E-state index is 0.0140. The Hall–Kier alpha value is -1.31. The molecule has 1 aromatic rings. The molecule has 1 fully saturated rings. The van der Waals surface area contributed by atoms with Crippen LogP contribution in [0.2, 0.25) is 0 Å². The molecule has 5 N–H and O–H groups in total. The summed E-state index contributed by atoms with van der Waals surface area (Å²) in [5, 5.41) is 8.24. The molecule has 1 aliphatic rings. The highest BCUT2D eigenvalue weighted by Crippen LogP contribution is 2.23. The van der Waals surface area contributed by atoms with E-state index in [4.69, 9.17) is 15.6 Å². The first-order chi connectivity index (χ1) is 9.97. The van der Waals surface area contributed by atoms with Crippen molar-refractivity contribution in [3.8, 4) is 0 Å². The minimum Gasteiger partial charge on any atom is -0.399 e. The van der Waals surface area contributed by atoms with Gasteiger partial charge >= 0.3 is 0 Å². The molecule has 1 aromatic carbocycles. The highest BCUT2D eigenvalue weighted by Gasteiger charge is 2.15. The Balaban J connectivity index is 1.88. The Bertz CT molecular complexity index is 569. The van der Waals surface area contributed by atoms with E-state index in [-0.39, 0.29) is 4.90 Å². The molecule has 0 radical (unpaired) electrons. The zero-order valence-corrected chi connectivity index (χ0v) is 12.9. The van der Waals surface area contributed by atoms with Crippen LogP contribution in [0.5, 0.6) is 0 Å². The van der Waals surface area contributed by atoms with Crippen molar-refractivity contribution >= 4 is 21.4 Å². The van der Waals surface area contributed by atoms with Crippen LogP contribution in [-0.2, 0) is 14.8 Å². The Morgan fingerprint density at radius 1 is 1.24 bits per heavy atom. The third-order valence-electron chi connectivity index (χ3n) is 3.64. The molecular weight excluding hydrogens is 290 g/mol. The Kier molecular flexibility index (Phi) is 5.44. The summed E-state index contributed by atoms with van der Waals surface area (Å²) < 4.78 is 28.9. The standard InChI is InChI=1S/C14H23N3O3S/c15-11-6-7-13(14(10-11)21(16,18)19)17-8-9-20-12-4-2-1-3-5-12/h6-7,10,12,17H,1-5,8-9,15H2,(H2,16,18,19). The van der Waals surface area contributed by atoms with Gasteiger partial charge in [0.1, 0.15) is 4.90 Å². The average Bonchev–Trinajstić information content (AvgIpc) is 2.45. The molecule has 1 saturated carbocycles. The summed E-state index contributed by atoms with van der Waals surface area (Å²) >= 11 is 0. The summed E-state index contributed by atoms with van der Waals surface area (Å²) in [4.78, 5) is 0.0140. The first-order valence-electron chi connectivity index (χ1n) is 7.24. The number of sulfonamides is 1. The Morgan fingerprint density at radius 3 is 2.62 bits per heavy atom. The van der Waals surface area contributed by atoms with Gasteiger partial charge in [0.05, 0.1) is 18.4 Å². The molecule has 0 bridgehead atoms. The number of nitrogens with two attached hydrogens (primary N) is 2. The van der Waals surface area contributed by atoms with Crippen LogP contribution in [-0.4, -0.2) is 27.7 Å². The largest absolute Gasteiger partial charge is 0.399 e. The fourth-order valence-electron chi connectivity index (χ4n) is 2.56. The van der Waals surface area contributed by atoms with Crippen LogP contribution in [0.25, 0.3) is 0 Å². The van der Waals surface area contributed by atoms with Crippen molar-refractivity contribution in [1.82, 2.24) is 0 Å². The van der Waals surface area contributed by atoms with Crippen LogP contribution in [0.15, 0.2) is 23.1 Å². The van der Waals surface area contributed by atoms with Gasteiger partial charge in [-0.3, -0.25) is 0 Å². The van der Waals surface area contributed by atoms with Crippen LogP contribution in [0.1, 0.15) is 32.1 Å². The van der Waals surface area contributed by atoms with E-state index in [0.29, 0.717) is 30.6 Å². The van der Waals surface area contributed by atoms with Gasteiger partial charge in [0.2, 0.25) is 10.0 Å². The van der Waals surface area contributed by atoms with E-state index >= 15 is 0 Å². The second-order valence-corrected chi connectivity index (χ2v) is 6.89. The zero-order valence-electron chi connectivity index (χ0n) is 12.0. The molecule has 6 nitrogen and oxygen atoms in total. The monoisotopic (exact) mass is 313 g/mol. The number of rotatable bonds is 6. The molecule has 0 heterocycles. The quantitative estimate of drug-likeness (QED) is 0.547. The number of primary sulfonamides is 1. The summed E-state index contributed by atoms with van der Waals surface area (Å²) in [6.07, 6.45) is 6.32. The summed E-state index contributed by atoms with van der Waals surface area (Å²) in [5.41, 5.74) is 6.43. The van der Waals surface area contributed by atoms with Crippen molar-refractivity contribution in [2.24, 2.45) is 5.14 Å². The molecule has 0 spiro atoms. The van der Waals surface area contributed by atoms with Crippen molar-refractivity contribution in [1.29, 1.82) is 0 Å². The smallest absolute Gasteiger partial charge is 0.240 e. The molecule has 0 unspecified atom stereocenters. The second kappa shape index (κ2) is 7.11. The molecular formula is C14H23N3O3S. The number of hydrogen-bond donors (Lipinski definition) is 3. The highest BCUT2D eigenvalue weighted by molar-refractivity contribution is 7.89. The number of nitrogens with one attached hydrogen (secondary N) is 1. The number of benzene rings is 1. The predicted molar refractivity (Wildman–Crippen MR) is 83.5 cm³/mol. The molecule has 21 heavy (non-hydrogen) atoms. The third kappa shape index (κ3) is 4.87. The topological polar surface area (TPSA) is 107 Å². The average molecular weight is 313 g/mol. The summed E-state index contributed by atoms with van der Waals surface area (Å²) in [6.45, 7) is 1.07. The van der Waals surface area contributed by atoms with E-state index in [0.717, 1.165) is 12.8 Å². The second-order valence-electron chi connectivity index (χ2n) is 5.36. The third-order valence-corrected chi connectivity index (χ3v) is 4.59. The summed E-state index contributed by atoms with van der Waals surface area (Å²) in [6, 6.07) is 4.62. The number of hydrogen-bond acceptors (Lipinski definition) is 5. The maximum Gasteiger partial charge on any atom is 0.240 e. The van der Waals surface area contributed by atoms with E-state index in [1.165, 1.54) is 25.3 Å². The van der Waals surface area contributed by atoms with Gasteiger partial charge in [-0.25, -0.2) is 13.6 Å². The van der Waals surface area contributed by atoms with E-state index in [1.807, 2.05) is 0 Å². The molecule has 0 saturated heterocycles. The van der Waals surface area contributed by atoms with Crippen molar-refractivity contribution in [3.05, 3.63) is 18.2 Å². The van der Waals surface area contributed by atoms with Crippen LogP contribution < -0.4 is 16.2 Å². The first kappa shape index (κ1) is 16.1. The molecule has 0 aromatic heterocycles. The van der Waals surface area contributed by atoms with Gasteiger partial charge in [-0.05, 0) is 31.0 Å². The maximum absolute atomic E-state index is 11.5. The van der Waals surface area contributed by atoms with Gasteiger partial charge in [-0.15, -0.1) is 0 Å². The van der Waals surface area contributed by atoms with E-state index in [2.05, 4.69) is 5.32 Å². The van der Waals surface area contributed by atoms with Crippen LogP contribution in [0.3, 0.4) is 0 Å². The van der Waals surface area contributed by atoms with Gasteiger partial charge in [0.25, 0.3) is 0 Å². The Labute approximate surface area is 125 Å². The van der Waals surface area contributed by atoms with Crippen molar-refractivity contribution < 1.29 is 13.2 Å². The highest BCUT2D eigenvalue weighted by atomic mass is 32.2. The van der Waals surface area contributed by atoms with E-state index < -0.39 is 10.0 Å². The lowest BCUT2D eigenvalue weighted by atomic mass is 9.98. The zero-order chi connectivity index (χ0) is 15.3. The predicted octanol–water partition coefficient (Wildman–Crippen LogP) is 1.68. The van der Waals surface area contributed by atoms with Gasteiger partial charge < -0.3 is 15.8 Å². The fraction of sp³-hybridized carbons (Fsp3) is 0.571. The maximum atomic E-state index is 11.5. The van der Waals surface area contributed by atoms with Crippen LogP contribution in [0.4, 0.5) is 11.4 Å². The fourth-order valence-corrected chi connectivity index (χ4v) is 3.31. The minimum atomic E-state index is -3.80.